The van der Waals surface area contributed by atoms with Gasteiger partial charge in [-0.3, -0.25) is 0 Å². The van der Waals surface area contributed by atoms with Crippen LogP contribution in [-0.2, 0) is 5.41 Å². The first kappa shape index (κ1) is 19.4. The fourth-order valence-electron chi connectivity index (χ4n) is 4.59. The van der Waals surface area contributed by atoms with Crippen molar-refractivity contribution in [3.63, 3.8) is 0 Å². The first-order valence-electron chi connectivity index (χ1n) is 10.7. The van der Waals surface area contributed by atoms with Gasteiger partial charge in [-0.2, -0.15) is 4.58 Å². The number of para-hydroxylation sites is 3. The Morgan fingerprint density at radius 1 is 0.871 bits per heavy atom. The Morgan fingerprint density at radius 2 is 1.61 bits per heavy atom. The van der Waals surface area contributed by atoms with Gasteiger partial charge in [0, 0.05) is 23.3 Å². The molecule has 4 aromatic rings. The summed E-state index contributed by atoms with van der Waals surface area (Å²) in [5.41, 5.74) is 8.27. The van der Waals surface area contributed by atoms with E-state index in [0.29, 0.717) is 6.61 Å². The van der Waals surface area contributed by atoms with Crippen molar-refractivity contribution < 1.29 is 9.31 Å². The lowest BCUT2D eigenvalue weighted by Gasteiger charge is -2.15. The molecule has 5 rings (SSSR count). The number of allylic oxidation sites excluding steroid dienone is 1. The van der Waals surface area contributed by atoms with Gasteiger partial charge >= 0.3 is 0 Å². The Balaban J connectivity index is 1.64. The van der Waals surface area contributed by atoms with Gasteiger partial charge in [-0.05, 0) is 45.0 Å². The fourth-order valence-corrected chi connectivity index (χ4v) is 4.59. The summed E-state index contributed by atoms with van der Waals surface area (Å²) < 4.78 is 8.08. The summed E-state index contributed by atoms with van der Waals surface area (Å²) in [5.74, 6) is 0.773. The van der Waals surface area contributed by atoms with Gasteiger partial charge in [0.1, 0.15) is 18.3 Å². The highest BCUT2D eigenvalue weighted by Gasteiger charge is 2.42. The van der Waals surface area contributed by atoms with Crippen LogP contribution in [0.25, 0.3) is 28.1 Å². The lowest BCUT2D eigenvalue weighted by Crippen LogP contribution is -2.26. The third kappa shape index (κ3) is 3.10. The highest BCUT2D eigenvalue weighted by Crippen LogP contribution is 2.39. The molecule has 0 saturated carbocycles. The van der Waals surface area contributed by atoms with Crippen LogP contribution in [0.4, 0.5) is 5.69 Å². The van der Waals surface area contributed by atoms with Gasteiger partial charge in [0.05, 0.1) is 28.6 Å². The van der Waals surface area contributed by atoms with Crippen LogP contribution in [-0.4, -0.2) is 33.9 Å². The molecule has 0 spiro atoms. The van der Waals surface area contributed by atoms with Crippen molar-refractivity contribution >= 4 is 39.5 Å². The van der Waals surface area contributed by atoms with Crippen LogP contribution in [0.1, 0.15) is 31.9 Å². The second-order valence-corrected chi connectivity index (χ2v) is 8.42. The number of hydrogen-bond acceptors (Lipinski definition) is 3. The van der Waals surface area contributed by atoms with Gasteiger partial charge in [0.25, 0.3) is 0 Å². The molecule has 0 unspecified atom stereocenters. The number of benzene rings is 3. The summed E-state index contributed by atoms with van der Waals surface area (Å²) in [6.45, 7) is 7.14. The topological polar surface area (TPSA) is 38.0 Å². The zero-order chi connectivity index (χ0) is 21.6. The van der Waals surface area contributed by atoms with Crippen LogP contribution < -0.4 is 4.74 Å². The Kier molecular flexibility index (Phi) is 4.58. The highest BCUT2D eigenvalue weighted by molar-refractivity contribution is 6.06. The summed E-state index contributed by atoms with van der Waals surface area (Å²) in [6.07, 6.45) is 4.38. The molecule has 0 bridgehead atoms. The molecule has 3 aromatic carbocycles. The van der Waals surface area contributed by atoms with E-state index in [1.165, 1.54) is 17.0 Å². The van der Waals surface area contributed by atoms with E-state index in [-0.39, 0.29) is 5.41 Å². The molecule has 154 valence electrons. The summed E-state index contributed by atoms with van der Waals surface area (Å²) in [5, 5.41) is 0. The molecule has 0 fully saturated rings. The SMILES string of the molecule is CCOc1cccc2nc3cccc(/C=C/C4=[N+](C)c5ccccc5C4(C)C)c3nc12. The van der Waals surface area contributed by atoms with Crippen molar-refractivity contribution in [3.05, 3.63) is 77.9 Å². The van der Waals surface area contributed by atoms with Crippen LogP contribution in [0.3, 0.4) is 0 Å². The fraction of sp³-hybridized carbons (Fsp3) is 0.222. The maximum absolute atomic E-state index is 5.80. The van der Waals surface area contributed by atoms with Gasteiger partial charge in [-0.1, -0.05) is 36.4 Å². The smallest absolute Gasteiger partial charge is 0.209 e. The molecule has 1 aliphatic rings. The molecule has 1 aromatic heterocycles. The van der Waals surface area contributed by atoms with Gasteiger partial charge in [0.15, 0.2) is 5.71 Å². The summed E-state index contributed by atoms with van der Waals surface area (Å²) in [6, 6.07) is 20.7. The summed E-state index contributed by atoms with van der Waals surface area (Å²) >= 11 is 0. The lowest BCUT2D eigenvalue weighted by atomic mass is 9.81. The maximum Gasteiger partial charge on any atom is 0.209 e. The van der Waals surface area contributed by atoms with Crippen molar-refractivity contribution in [3.8, 4) is 5.75 Å². The highest BCUT2D eigenvalue weighted by atomic mass is 16.5. The normalized spacial score (nSPS) is 15.2. The molecule has 2 heterocycles. The van der Waals surface area contributed by atoms with Crippen molar-refractivity contribution in [1.82, 2.24) is 9.97 Å². The van der Waals surface area contributed by atoms with Crippen LogP contribution in [0.5, 0.6) is 5.75 Å². The molecule has 0 saturated heterocycles. The average Bonchev–Trinajstić information content (AvgIpc) is 2.97. The Morgan fingerprint density at radius 3 is 2.39 bits per heavy atom. The van der Waals surface area contributed by atoms with E-state index in [4.69, 9.17) is 14.7 Å². The number of fused-ring (bicyclic) bond motifs is 3. The molecule has 1 aliphatic heterocycles. The predicted molar refractivity (Wildman–Crippen MR) is 128 cm³/mol. The largest absolute Gasteiger partial charge is 0.492 e. The molecule has 0 atom stereocenters. The van der Waals surface area contributed by atoms with E-state index in [2.05, 4.69) is 68.0 Å². The summed E-state index contributed by atoms with van der Waals surface area (Å²) in [7, 11) is 2.14. The van der Waals surface area contributed by atoms with E-state index in [9.17, 15) is 0 Å². The molecule has 0 radical (unpaired) electrons. The lowest BCUT2D eigenvalue weighted by molar-refractivity contribution is -0.401. The van der Waals surface area contributed by atoms with Crippen LogP contribution in [0, 0.1) is 0 Å². The number of ether oxygens (including phenoxy) is 1. The van der Waals surface area contributed by atoms with Crippen molar-refractivity contribution in [2.45, 2.75) is 26.2 Å². The molecule has 0 aliphatic carbocycles. The number of rotatable bonds is 4. The second kappa shape index (κ2) is 7.31. The predicted octanol–water partition coefficient (Wildman–Crippen LogP) is 5.90. The summed E-state index contributed by atoms with van der Waals surface area (Å²) in [4.78, 5) is 9.82. The Bertz CT molecular complexity index is 1380. The van der Waals surface area contributed by atoms with E-state index >= 15 is 0 Å². The zero-order valence-corrected chi connectivity index (χ0v) is 18.4. The monoisotopic (exact) mass is 408 g/mol. The third-order valence-electron chi connectivity index (χ3n) is 6.15. The Labute approximate surface area is 182 Å². The van der Waals surface area contributed by atoms with E-state index < -0.39 is 0 Å². The minimum absolute atomic E-state index is 0.0626. The zero-order valence-electron chi connectivity index (χ0n) is 18.4. The molecule has 31 heavy (non-hydrogen) atoms. The van der Waals surface area contributed by atoms with Crippen molar-refractivity contribution in [1.29, 1.82) is 0 Å². The van der Waals surface area contributed by atoms with E-state index in [1.54, 1.807) is 0 Å². The molecule has 4 heteroatoms. The van der Waals surface area contributed by atoms with E-state index in [1.807, 2.05) is 37.3 Å². The van der Waals surface area contributed by atoms with Gasteiger partial charge in [0.2, 0.25) is 5.69 Å². The quantitative estimate of drug-likeness (QED) is 0.312. The molecule has 0 N–H and O–H groups in total. The van der Waals surface area contributed by atoms with Gasteiger partial charge in [-0.15, -0.1) is 0 Å². The van der Waals surface area contributed by atoms with Crippen molar-refractivity contribution in [2.24, 2.45) is 0 Å². The first-order chi connectivity index (χ1) is 15.0. The number of aromatic nitrogens is 2. The van der Waals surface area contributed by atoms with Gasteiger partial charge < -0.3 is 4.74 Å². The standard InChI is InChI=1S/C27H26N3O/c1-5-31-23-15-9-13-21-26(23)29-25-18(10-8-12-20(25)28-21)16-17-24-27(2,3)19-11-6-7-14-22(19)30(24)4/h6-17H,5H2,1-4H3/q+1. The van der Waals surface area contributed by atoms with Gasteiger partial charge in [-0.25, -0.2) is 9.97 Å². The number of nitrogens with zero attached hydrogens (tertiary/aromatic N) is 3. The molecular weight excluding hydrogens is 382 g/mol. The van der Waals surface area contributed by atoms with Crippen molar-refractivity contribution in [2.75, 3.05) is 13.7 Å². The van der Waals surface area contributed by atoms with Crippen LogP contribution in [0.2, 0.25) is 0 Å². The molecule has 4 nitrogen and oxygen atoms in total. The maximum atomic E-state index is 5.80. The average molecular weight is 409 g/mol. The van der Waals surface area contributed by atoms with Crippen LogP contribution in [0.15, 0.2) is 66.7 Å². The first-order valence-corrected chi connectivity index (χ1v) is 10.7. The molecule has 0 amide bonds. The Hall–Kier alpha value is -3.53. The number of hydrogen-bond donors (Lipinski definition) is 0. The third-order valence-corrected chi connectivity index (χ3v) is 6.15. The molecular formula is C27H26N3O+. The minimum atomic E-state index is -0.0626. The van der Waals surface area contributed by atoms with E-state index in [0.717, 1.165) is 33.4 Å². The van der Waals surface area contributed by atoms with Crippen LogP contribution >= 0.6 is 0 Å². The minimum Gasteiger partial charge on any atom is -0.492 e. The second-order valence-electron chi connectivity index (χ2n) is 8.42.